The fourth-order valence-electron chi connectivity index (χ4n) is 3.90. The Kier molecular flexibility index (Phi) is 4.43. The molecular weight excluding hydrogens is 422 g/mol. The van der Waals surface area contributed by atoms with E-state index in [0.29, 0.717) is 23.6 Å². The van der Waals surface area contributed by atoms with Crippen molar-refractivity contribution in [2.24, 2.45) is 0 Å². The number of fused-ring (bicyclic) bond motifs is 2. The summed E-state index contributed by atoms with van der Waals surface area (Å²) in [5, 5.41) is 5.50. The van der Waals surface area contributed by atoms with Crippen LogP contribution in [0.5, 0.6) is 0 Å². The number of hydrogen-bond donors (Lipinski definition) is 1. The van der Waals surface area contributed by atoms with Crippen molar-refractivity contribution in [2.45, 2.75) is 12.7 Å². The van der Waals surface area contributed by atoms with Crippen molar-refractivity contribution in [1.82, 2.24) is 19.9 Å². The average Bonchev–Trinajstić information content (AvgIpc) is 3.55. The molecule has 1 amide bonds. The number of benzene rings is 1. The first kappa shape index (κ1) is 18.7. The molecule has 1 N–H and O–H groups in total. The number of nitrogens with zero attached hydrogens (tertiary/aromatic N) is 4. The van der Waals surface area contributed by atoms with Gasteiger partial charge in [-0.05, 0) is 53.9 Å². The van der Waals surface area contributed by atoms with Gasteiger partial charge in [-0.15, -0.1) is 11.3 Å². The lowest BCUT2D eigenvalue weighted by molar-refractivity contribution is 0.0729. The molecule has 0 fully saturated rings. The molecule has 6 rings (SSSR count). The molecule has 1 atom stereocenters. The van der Waals surface area contributed by atoms with E-state index in [1.165, 1.54) is 0 Å². The average molecular weight is 440 g/mol. The van der Waals surface area contributed by atoms with Crippen LogP contribution in [-0.4, -0.2) is 25.8 Å². The molecule has 1 aliphatic rings. The first-order chi connectivity index (χ1) is 15.8. The van der Waals surface area contributed by atoms with Crippen molar-refractivity contribution in [2.75, 3.05) is 5.32 Å². The van der Waals surface area contributed by atoms with Crippen molar-refractivity contribution < 1.29 is 9.21 Å². The van der Waals surface area contributed by atoms with Gasteiger partial charge in [-0.2, -0.15) is 0 Å². The third-order valence-corrected chi connectivity index (χ3v) is 6.27. The van der Waals surface area contributed by atoms with E-state index >= 15 is 0 Å². The van der Waals surface area contributed by atoms with Gasteiger partial charge >= 0.3 is 0 Å². The monoisotopic (exact) mass is 439 g/mol. The number of nitrogens with one attached hydrogen (secondary N) is 1. The number of thiophene rings is 1. The second kappa shape index (κ2) is 7.58. The molecule has 8 heteroatoms. The highest BCUT2D eigenvalue weighted by molar-refractivity contribution is 7.09. The Balaban J connectivity index is 1.34. The van der Waals surface area contributed by atoms with Crippen molar-refractivity contribution in [3.05, 3.63) is 94.7 Å². The predicted octanol–water partition coefficient (Wildman–Crippen LogP) is 5.11. The Morgan fingerprint density at radius 1 is 1.09 bits per heavy atom. The number of pyridine rings is 2. The highest BCUT2D eigenvalue weighted by Gasteiger charge is 2.38. The first-order valence-corrected chi connectivity index (χ1v) is 11.0. The quantitative estimate of drug-likeness (QED) is 0.410. The summed E-state index contributed by atoms with van der Waals surface area (Å²) in [6.07, 6.45) is 4.78. The summed E-state index contributed by atoms with van der Waals surface area (Å²) in [4.78, 5) is 29.3. The highest BCUT2D eigenvalue weighted by atomic mass is 32.1. The largest absolute Gasteiger partial charge is 0.436 e. The van der Waals surface area contributed by atoms with Crippen LogP contribution in [0.2, 0.25) is 0 Å². The molecule has 156 valence electrons. The van der Waals surface area contributed by atoms with Crippen LogP contribution in [0.1, 0.15) is 27.1 Å². The van der Waals surface area contributed by atoms with Gasteiger partial charge in [-0.25, -0.2) is 4.98 Å². The number of amides is 1. The lowest BCUT2D eigenvalue weighted by Crippen LogP contribution is -2.31. The minimum Gasteiger partial charge on any atom is -0.436 e. The normalized spacial score (nSPS) is 15.3. The number of oxazole rings is 1. The summed E-state index contributed by atoms with van der Waals surface area (Å²) in [6, 6.07) is 17.1. The van der Waals surface area contributed by atoms with Crippen LogP contribution in [0, 0.1) is 0 Å². The fourth-order valence-corrected chi connectivity index (χ4v) is 4.61. The number of carbonyl (C=O) groups is 1. The summed E-state index contributed by atoms with van der Waals surface area (Å²) < 4.78 is 5.89. The number of anilines is 1. The summed E-state index contributed by atoms with van der Waals surface area (Å²) in [6.45, 7) is 0.516. The third kappa shape index (κ3) is 3.21. The molecule has 0 saturated carbocycles. The summed E-state index contributed by atoms with van der Waals surface area (Å²) in [5.74, 6) is 0.494. The van der Waals surface area contributed by atoms with E-state index in [1.807, 2.05) is 58.8 Å². The number of aromatic nitrogens is 3. The molecule has 0 spiro atoms. The van der Waals surface area contributed by atoms with Crippen LogP contribution < -0.4 is 5.32 Å². The molecule has 4 aromatic heterocycles. The summed E-state index contributed by atoms with van der Waals surface area (Å²) in [7, 11) is 0. The Hall–Kier alpha value is -4.04. The Morgan fingerprint density at radius 3 is 2.88 bits per heavy atom. The van der Waals surface area contributed by atoms with Gasteiger partial charge in [0.2, 0.25) is 5.89 Å². The van der Waals surface area contributed by atoms with Gasteiger partial charge in [0, 0.05) is 29.2 Å². The Morgan fingerprint density at radius 2 is 2.03 bits per heavy atom. The molecule has 5 aromatic rings. The summed E-state index contributed by atoms with van der Waals surface area (Å²) in [5.41, 5.74) is 4.42. The zero-order valence-corrected chi connectivity index (χ0v) is 17.6. The van der Waals surface area contributed by atoms with Gasteiger partial charge in [-0.3, -0.25) is 14.8 Å². The topological polar surface area (TPSA) is 84.2 Å². The van der Waals surface area contributed by atoms with E-state index in [9.17, 15) is 4.79 Å². The standard InChI is InChI=1S/C24H17N5O2S/c30-24-18-6-2-10-26-21(18)22(29(24)14-17-5-3-11-32-17)27-16-7-8-20-19(12-16)28-23(31-20)15-4-1-9-25-13-15/h1-13,22,27H,14H2/t22-/m0/s1. The van der Waals surface area contributed by atoms with Gasteiger partial charge in [-0.1, -0.05) is 6.07 Å². The maximum atomic E-state index is 13.1. The van der Waals surface area contributed by atoms with Crippen LogP contribution in [0.4, 0.5) is 5.69 Å². The molecule has 32 heavy (non-hydrogen) atoms. The van der Waals surface area contributed by atoms with Gasteiger partial charge in [0.25, 0.3) is 5.91 Å². The van der Waals surface area contributed by atoms with Crippen LogP contribution in [-0.2, 0) is 6.54 Å². The summed E-state index contributed by atoms with van der Waals surface area (Å²) >= 11 is 1.63. The van der Waals surface area contributed by atoms with Crippen molar-refractivity contribution in [3.63, 3.8) is 0 Å². The van der Waals surface area contributed by atoms with Gasteiger partial charge in [0.15, 0.2) is 5.58 Å². The molecule has 7 nitrogen and oxygen atoms in total. The van der Waals surface area contributed by atoms with Crippen molar-refractivity contribution >= 4 is 34.0 Å². The van der Waals surface area contributed by atoms with Crippen molar-refractivity contribution in [1.29, 1.82) is 0 Å². The third-order valence-electron chi connectivity index (χ3n) is 5.41. The minimum absolute atomic E-state index is 0.0274. The zero-order chi connectivity index (χ0) is 21.5. The molecular formula is C24H17N5O2S. The van der Waals surface area contributed by atoms with Gasteiger partial charge in [0.1, 0.15) is 11.7 Å². The maximum absolute atomic E-state index is 13.1. The van der Waals surface area contributed by atoms with Crippen molar-refractivity contribution in [3.8, 4) is 11.5 Å². The lowest BCUT2D eigenvalue weighted by Gasteiger charge is -2.26. The lowest BCUT2D eigenvalue weighted by atomic mass is 10.2. The minimum atomic E-state index is -0.372. The van der Waals surface area contributed by atoms with E-state index in [2.05, 4.69) is 20.3 Å². The first-order valence-electron chi connectivity index (χ1n) is 10.1. The van der Waals surface area contributed by atoms with E-state index in [4.69, 9.17) is 4.42 Å². The fraction of sp³-hybridized carbons (Fsp3) is 0.0833. The predicted molar refractivity (Wildman–Crippen MR) is 122 cm³/mol. The Labute approximate surface area is 187 Å². The maximum Gasteiger partial charge on any atom is 0.258 e. The smallest absolute Gasteiger partial charge is 0.258 e. The van der Waals surface area contributed by atoms with E-state index in [1.54, 1.807) is 36.0 Å². The highest BCUT2D eigenvalue weighted by Crippen LogP contribution is 2.35. The molecule has 5 heterocycles. The van der Waals surface area contributed by atoms with Crippen LogP contribution in [0.15, 0.2) is 83.0 Å². The number of carbonyl (C=O) groups excluding carboxylic acids is 1. The number of rotatable bonds is 5. The van der Waals surface area contributed by atoms with Crippen LogP contribution in [0.25, 0.3) is 22.6 Å². The molecule has 0 bridgehead atoms. The second-order valence-corrected chi connectivity index (χ2v) is 8.47. The molecule has 1 aliphatic heterocycles. The molecule has 1 aromatic carbocycles. The second-order valence-electron chi connectivity index (χ2n) is 7.44. The van der Waals surface area contributed by atoms with Crippen LogP contribution >= 0.6 is 11.3 Å². The molecule has 0 aliphatic carbocycles. The van der Waals surface area contributed by atoms with E-state index in [-0.39, 0.29) is 12.1 Å². The number of hydrogen-bond acceptors (Lipinski definition) is 7. The zero-order valence-electron chi connectivity index (χ0n) is 16.8. The van der Waals surface area contributed by atoms with E-state index in [0.717, 1.165) is 27.3 Å². The SMILES string of the molecule is O=C1c2cccnc2[C@@H](Nc2ccc3oc(-c4cccnc4)nc3c2)N1Cc1cccs1. The molecule has 0 radical (unpaired) electrons. The van der Waals surface area contributed by atoms with Crippen LogP contribution in [0.3, 0.4) is 0 Å². The Bertz CT molecular complexity index is 1420. The molecule has 0 unspecified atom stereocenters. The van der Waals surface area contributed by atoms with E-state index < -0.39 is 0 Å². The molecule has 0 saturated heterocycles. The van der Waals surface area contributed by atoms with Gasteiger partial charge in [0.05, 0.1) is 23.4 Å². The van der Waals surface area contributed by atoms with Gasteiger partial charge < -0.3 is 14.6 Å².